The number of nitrogens with one attached hydrogen (secondary N) is 2. The Bertz CT molecular complexity index is 2060. The summed E-state index contributed by atoms with van der Waals surface area (Å²) in [6.45, 7) is 8.58. The second kappa shape index (κ2) is 19.8. The summed E-state index contributed by atoms with van der Waals surface area (Å²) in [6.07, 6.45) is 1.33. The summed E-state index contributed by atoms with van der Waals surface area (Å²) in [5.41, 5.74) is 7.72. The number of aromatic nitrogens is 4. The molecule has 1 aliphatic heterocycles. The molecule has 5 rings (SSSR count). The van der Waals surface area contributed by atoms with Gasteiger partial charge in [-0.3, -0.25) is 19.8 Å². The summed E-state index contributed by atoms with van der Waals surface area (Å²) >= 11 is 4.43. The molecule has 0 spiro atoms. The molecule has 1 saturated heterocycles. The van der Waals surface area contributed by atoms with Crippen LogP contribution in [0.4, 0.5) is 24.9 Å². The summed E-state index contributed by atoms with van der Waals surface area (Å²) < 4.78 is 55.6. The third-order valence-corrected chi connectivity index (χ3v) is 8.36. The maximum atomic E-state index is 13.4. The van der Waals surface area contributed by atoms with Crippen molar-refractivity contribution in [2.24, 2.45) is 5.73 Å². The average Bonchev–Trinajstić information content (AvgIpc) is 3.72. The molecule has 4 aromatic rings. The van der Waals surface area contributed by atoms with Crippen molar-refractivity contribution in [3.05, 3.63) is 65.0 Å². The number of amides is 2. The lowest BCUT2D eigenvalue weighted by Crippen LogP contribution is -2.37. The van der Waals surface area contributed by atoms with Gasteiger partial charge in [0.05, 0.1) is 43.7 Å². The van der Waals surface area contributed by atoms with E-state index in [4.69, 9.17) is 34.3 Å². The van der Waals surface area contributed by atoms with Gasteiger partial charge in [-0.2, -0.15) is 13.2 Å². The van der Waals surface area contributed by atoms with E-state index >= 15 is 0 Å². The number of benzene rings is 1. The van der Waals surface area contributed by atoms with Gasteiger partial charge in [-0.15, -0.1) is 12.6 Å². The van der Waals surface area contributed by atoms with Crippen molar-refractivity contribution in [1.82, 2.24) is 24.4 Å². The highest BCUT2D eigenvalue weighted by atomic mass is 32.1. The molecule has 0 aliphatic carbocycles. The molecule has 302 valence electrons. The van der Waals surface area contributed by atoms with E-state index in [9.17, 15) is 27.6 Å². The molecule has 17 nitrogen and oxygen atoms in total. The van der Waals surface area contributed by atoms with Gasteiger partial charge in [0.1, 0.15) is 17.1 Å². The van der Waals surface area contributed by atoms with E-state index < -0.39 is 29.9 Å². The molecule has 0 saturated carbocycles. The smallest absolute Gasteiger partial charge is 0.490 e. The Morgan fingerprint density at radius 3 is 2.45 bits per heavy atom. The lowest BCUT2D eigenvalue weighted by atomic mass is 10.1. The molecule has 0 bridgehead atoms. The molecule has 0 unspecified atom stereocenters. The first-order valence-electron chi connectivity index (χ1n) is 17.1. The van der Waals surface area contributed by atoms with E-state index in [1.54, 1.807) is 29.7 Å². The number of allylic oxidation sites excluding steroid dienone is 1. The van der Waals surface area contributed by atoms with E-state index in [1.165, 1.54) is 13.3 Å². The highest BCUT2D eigenvalue weighted by Gasteiger charge is 2.38. The number of carboxylic acids is 1. The minimum atomic E-state index is -5.08. The van der Waals surface area contributed by atoms with Crippen molar-refractivity contribution in [3.8, 4) is 5.75 Å². The molecular formula is C35H41F3N8O9S. The summed E-state index contributed by atoms with van der Waals surface area (Å²) in [4.78, 5) is 62.5. The van der Waals surface area contributed by atoms with Gasteiger partial charge in [-0.1, -0.05) is 19.1 Å². The molecule has 0 radical (unpaired) electrons. The highest BCUT2D eigenvalue weighted by molar-refractivity contribution is 7.80. The number of hydrogen-bond donors (Lipinski definition) is 5. The number of carboxylic acid groups (broad SMARTS) is 1. The van der Waals surface area contributed by atoms with Crippen LogP contribution < -0.4 is 21.1 Å². The first-order valence-corrected chi connectivity index (χ1v) is 17.6. The van der Waals surface area contributed by atoms with Crippen LogP contribution in [0.15, 0.2) is 45.9 Å². The molecule has 5 N–H and O–H groups in total. The summed E-state index contributed by atoms with van der Waals surface area (Å²) in [6, 6.07) is 4.74. The number of halogens is 3. The van der Waals surface area contributed by atoms with Gasteiger partial charge in [0.2, 0.25) is 17.6 Å². The number of aryl methyl sites for hydroxylation is 2. The van der Waals surface area contributed by atoms with Gasteiger partial charge in [0.25, 0.3) is 5.91 Å². The standard InChI is InChI=1S/C33H40N8O7S.C2HF3O2/c1-4-23-28(48-20(2)37-23)31(43)39-33-38-24-16-21(29(34)42)17-25(47-13-7-9-40-11-14-46-15-12-40)27(24)41(33)10-6-5-8-35-30-26(49)18-22(19-36-30)32(44)45-3;3-2(4,5)1(6)7/h5-6,16-19,49H,4,7-15H2,1-3H3,(H2,34,42)(H,35,36)(H,38,39,43);(H,6,7)/b6-5+;. The number of nitrogens with two attached hydrogens (primary N) is 1. The van der Waals surface area contributed by atoms with E-state index in [1.807, 2.05) is 19.1 Å². The Labute approximate surface area is 323 Å². The zero-order chi connectivity index (χ0) is 41.0. The van der Waals surface area contributed by atoms with Crippen molar-refractivity contribution in [2.75, 3.05) is 63.7 Å². The van der Waals surface area contributed by atoms with Crippen LogP contribution in [0.2, 0.25) is 0 Å². The Kier molecular flexibility index (Phi) is 15.2. The fraction of sp³-hybridized carbons (Fsp3) is 0.400. The second-order valence-electron chi connectivity index (χ2n) is 12.0. The molecule has 3 aromatic heterocycles. The number of carbonyl (C=O) groups is 4. The number of rotatable bonds is 15. The van der Waals surface area contributed by atoms with Crippen LogP contribution >= 0.6 is 12.6 Å². The van der Waals surface area contributed by atoms with Crippen LogP contribution in [-0.2, 0) is 27.2 Å². The SMILES string of the molecule is CCc1nc(C)oc1C(=O)Nc1nc2cc(C(N)=O)cc(OCCCN3CCOCC3)c2n1C/C=C/CNc1ncc(C(=O)OC)cc1S.O=C(O)C(F)(F)F. The fourth-order valence-electron chi connectivity index (χ4n) is 5.33. The largest absolute Gasteiger partial charge is 0.491 e. The van der Waals surface area contributed by atoms with E-state index in [2.05, 4.69) is 43.1 Å². The fourth-order valence-corrected chi connectivity index (χ4v) is 5.61. The Morgan fingerprint density at radius 2 is 1.82 bits per heavy atom. The van der Waals surface area contributed by atoms with Crippen molar-refractivity contribution in [2.45, 2.75) is 44.3 Å². The first-order chi connectivity index (χ1) is 26.6. The minimum Gasteiger partial charge on any atom is -0.491 e. The number of carbonyl (C=O) groups excluding carboxylic acids is 3. The van der Waals surface area contributed by atoms with E-state index in [0.29, 0.717) is 77.4 Å². The average molecular weight is 807 g/mol. The van der Waals surface area contributed by atoms with Gasteiger partial charge in [-0.25, -0.2) is 24.5 Å². The van der Waals surface area contributed by atoms with Gasteiger partial charge in [0.15, 0.2) is 5.89 Å². The van der Waals surface area contributed by atoms with Crippen LogP contribution in [-0.4, -0.2) is 113 Å². The number of esters is 1. The summed E-state index contributed by atoms with van der Waals surface area (Å²) in [7, 11) is 1.30. The first kappa shape index (κ1) is 43.1. The number of nitrogens with zero attached hydrogens (tertiary/aromatic N) is 5. The third kappa shape index (κ3) is 11.7. The number of ether oxygens (including phenoxy) is 3. The van der Waals surface area contributed by atoms with Crippen LogP contribution in [0.5, 0.6) is 5.75 Å². The quantitative estimate of drug-likeness (QED) is 0.0493. The second-order valence-corrected chi connectivity index (χ2v) is 12.4. The van der Waals surface area contributed by atoms with Gasteiger partial charge in [-0.05, 0) is 31.0 Å². The number of imidazole rings is 1. The number of pyridine rings is 1. The number of primary amides is 1. The lowest BCUT2D eigenvalue weighted by Gasteiger charge is -2.26. The zero-order valence-corrected chi connectivity index (χ0v) is 31.5. The van der Waals surface area contributed by atoms with Crippen LogP contribution in [0.3, 0.4) is 0 Å². The maximum Gasteiger partial charge on any atom is 0.490 e. The number of fused-ring (bicyclic) bond motifs is 1. The number of thiol groups is 1. The van der Waals surface area contributed by atoms with E-state index in [0.717, 1.165) is 26.1 Å². The molecule has 1 fully saturated rings. The summed E-state index contributed by atoms with van der Waals surface area (Å²) in [5, 5.41) is 13.2. The number of hydrogen-bond acceptors (Lipinski definition) is 14. The number of alkyl halides is 3. The number of oxazole rings is 1. The van der Waals surface area contributed by atoms with Crippen molar-refractivity contribution in [3.63, 3.8) is 0 Å². The number of methoxy groups -OCH3 is 1. The summed E-state index contributed by atoms with van der Waals surface area (Å²) in [5.74, 6) is -2.81. The normalized spacial score (nSPS) is 13.3. The molecule has 2 amide bonds. The van der Waals surface area contributed by atoms with E-state index in [-0.39, 0.29) is 23.8 Å². The molecule has 56 heavy (non-hydrogen) atoms. The van der Waals surface area contributed by atoms with Gasteiger partial charge >= 0.3 is 18.1 Å². The topological polar surface area (TPSA) is 226 Å². The number of aliphatic carboxylic acids is 1. The Balaban J connectivity index is 0.000000908. The zero-order valence-electron chi connectivity index (χ0n) is 30.6. The maximum absolute atomic E-state index is 13.4. The predicted molar refractivity (Wildman–Crippen MR) is 198 cm³/mol. The van der Waals surface area contributed by atoms with Crippen molar-refractivity contribution >= 4 is 59.2 Å². The highest BCUT2D eigenvalue weighted by Crippen LogP contribution is 2.32. The monoisotopic (exact) mass is 806 g/mol. The van der Waals surface area contributed by atoms with Crippen molar-refractivity contribution in [1.29, 1.82) is 0 Å². The lowest BCUT2D eigenvalue weighted by molar-refractivity contribution is -0.192. The molecule has 1 aromatic carbocycles. The van der Waals surface area contributed by atoms with Crippen molar-refractivity contribution < 1.29 is 56.1 Å². The molecule has 21 heteroatoms. The molecule has 1 aliphatic rings. The number of morpholine rings is 1. The molecule has 4 heterocycles. The van der Waals surface area contributed by atoms with Crippen LogP contribution in [0, 0.1) is 6.92 Å². The Hall–Kier alpha value is -5.67. The van der Waals surface area contributed by atoms with Crippen LogP contribution in [0.25, 0.3) is 11.0 Å². The van der Waals surface area contributed by atoms with Crippen LogP contribution in [0.1, 0.15) is 56.2 Å². The number of anilines is 2. The molecule has 0 atom stereocenters. The van der Waals surface area contributed by atoms with Gasteiger partial charge < -0.3 is 39.4 Å². The van der Waals surface area contributed by atoms with Gasteiger partial charge in [0, 0.05) is 56.3 Å². The third-order valence-electron chi connectivity index (χ3n) is 8.02. The molecular weight excluding hydrogens is 765 g/mol. The minimum absolute atomic E-state index is 0.101. The predicted octanol–water partition coefficient (Wildman–Crippen LogP) is 4.12. The Morgan fingerprint density at radius 1 is 1.11 bits per heavy atom.